The Morgan fingerprint density at radius 2 is 1.72 bits per heavy atom. The number of carbonyl (C=O) groups excluding carboxylic acids is 2. The molecule has 6 nitrogen and oxygen atoms in total. The smallest absolute Gasteiger partial charge is 0.272 e. The molecular formula is C25H22FN3O3. The number of amides is 2. The Morgan fingerprint density at radius 1 is 0.969 bits per heavy atom. The lowest BCUT2D eigenvalue weighted by Crippen LogP contribution is -2.23. The van der Waals surface area contributed by atoms with Crippen LogP contribution in [0.25, 0.3) is 10.9 Å². The van der Waals surface area contributed by atoms with Crippen LogP contribution in [-0.4, -0.2) is 30.5 Å². The van der Waals surface area contributed by atoms with Crippen LogP contribution >= 0.6 is 0 Å². The summed E-state index contributed by atoms with van der Waals surface area (Å²) < 4.78 is 21.3. The number of methoxy groups -OCH3 is 1. The molecule has 1 aromatic heterocycles. The van der Waals surface area contributed by atoms with E-state index in [2.05, 4.69) is 10.6 Å². The number of ether oxygens (including phenoxy) is 1. The quantitative estimate of drug-likeness (QED) is 0.474. The average molecular weight is 431 g/mol. The molecule has 0 aliphatic carbocycles. The van der Waals surface area contributed by atoms with Crippen LogP contribution in [0.4, 0.5) is 10.1 Å². The predicted molar refractivity (Wildman–Crippen MR) is 122 cm³/mol. The number of halogens is 1. The van der Waals surface area contributed by atoms with Crippen LogP contribution in [0.5, 0.6) is 5.75 Å². The maximum absolute atomic E-state index is 14.3. The summed E-state index contributed by atoms with van der Waals surface area (Å²) in [7, 11) is 3.02. The van der Waals surface area contributed by atoms with E-state index in [9.17, 15) is 14.0 Å². The lowest BCUT2D eigenvalue weighted by molar-refractivity contribution is 0.0963. The lowest BCUT2D eigenvalue weighted by Gasteiger charge is -2.14. The van der Waals surface area contributed by atoms with E-state index in [0.29, 0.717) is 22.7 Å². The number of rotatable bonds is 6. The number of anilines is 1. The van der Waals surface area contributed by atoms with Crippen molar-refractivity contribution in [1.82, 2.24) is 9.88 Å². The topological polar surface area (TPSA) is 72.4 Å². The van der Waals surface area contributed by atoms with Gasteiger partial charge in [-0.25, -0.2) is 4.39 Å². The van der Waals surface area contributed by atoms with Gasteiger partial charge in [0.25, 0.3) is 11.8 Å². The van der Waals surface area contributed by atoms with Crippen molar-refractivity contribution >= 4 is 28.4 Å². The first-order valence-corrected chi connectivity index (χ1v) is 10.0. The first kappa shape index (κ1) is 21.1. The van der Waals surface area contributed by atoms with E-state index < -0.39 is 5.91 Å². The number of nitrogens with one attached hydrogen (secondary N) is 2. The summed E-state index contributed by atoms with van der Waals surface area (Å²) >= 11 is 0. The fraction of sp³-hybridized carbons (Fsp3) is 0.120. The van der Waals surface area contributed by atoms with Crippen LogP contribution in [0.1, 0.15) is 26.4 Å². The molecule has 0 spiro atoms. The Kier molecular flexibility index (Phi) is 5.89. The Balaban J connectivity index is 1.75. The van der Waals surface area contributed by atoms with Crippen LogP contribution in [-0.2, 0) is 6.54 Å². The highest BCUT2D eigenvalue weighted by Crippen LogP contribution is 2.26. The third kappa shape index (κ3) is 4.05. The normalized spacial score (nSPS) is 10.7. The Labute approximate surface area is 184 Å². The largest absolute Gasteiger partial charge is 0.497 e. The van der Waals surface area contributed by atoms with Crippen molar-refractivity contribution in [3.8, 4) is 5.75 Å². The molecule has 0 atom stereocenters. The molecule has 7 heteroatoms. The number of fused-ring (bicyclic) bond motifs is 1. The number of hydrogen-bond acceptors (Lipinski definition) is 3. The monoisotopic (exact) mass is 431 g/mol. The SMILES string of the molecule is CNC(=O)c1cc(OC)ccc1NC(=O)c1cc2ccccc2n1Cc1ccccc1F. The first-order valence-electron chi connectivity index (χ1n) is 10.0. The molecule has 2 amide bonds. The van der Waals surface area contributed by atoms with Crippen LogP contribution in [0, 0.1) is 5.82 Å². The van der Waals surface area contributed by atoms with Gasteiger partial charge in [-0.3, -0.25) is 9.59 Å². The zero-order valence-corrected chi connectivity index (χ0v) is 17.7. The van der Waals surface area contributed by atoms with Gasteiger partial charge >= 0.3 is 0 Å². The molecule has 4 aromatic rings. The highest BCUT2D eigenvalue weighted by Gasteiger charge is 2.20. The number of aromatic nitrogens is 1. The molecule has 4 rings (SSSR count). The van der Waals surface area contributed by atoms with E-state index in [4.69, 9.17) is 4.74 Å². The molecule has 0 saturated carbocycles. The van der Waals surface area contributed by atoms with E-state index in [0.717, 1.165) is 10.9 Å². The Morgan fingerprint density at radius 3 is 2.47 bits per heavy atom. The number of carbonyl (C=O) groups is 2. The van der Waals surface area contributed by atoms with E-state index >= 15 is 0 Å². The zero-order valence-electron chi connectivity index (χ0n) is 17.7. The van der Waals surface area contributed by atoms with Gasteiger partial charge in [0.1, 0.15) is 17.3 Å². The molecule has 0 unspecified atom stereocenters. The summed E-state index contributed by atoms with van der Waals surface area (Å²) in [5, 5.41) is 6.25. The molecule has 0 aliphatic heterocycles. The summed E-state index contributed by atoms with van der Waals surface area (Å²) in [5.74, 6) is -0.608. The van der Waals surface area contributed by atoms with E-state index in [1.807, 2.05) is 24.3 Å². The van der Waals surface area contributed by atoms with Crippen LogP contribution in [0.3, 0.4) is 0 Å². The summed E-state index contributed by atoms with van der Waals surface area (Å²) in [5.41, 5.74) is 2.25. The van der Waals surface area contributed by atoms with Gasteiger partial charge in [0, 0.05) is 23.5 Å². The molecule has 32 heavy (non-hydrogen) atoms. The minimum atomic E-state index is -0.409. The molecular weight excluding hydrogens is 409 g/mol. The van der Waals surface area contributed by atoms with Gasteiger partial charge in [-0.15, -0.1) is 0 Å². The lowest BCUT2D eigenvalue weighted by atomic mass is 10.1. The molecule has 0 bridgehead atoms. The van der Waals surface area contributed by atoms with Gasteiger partial charge in [0.2, 0.25) is 0 Å². The van der Waals surface area contributed by atoms with Crippen LogP contribution in [0.15, 0.2) is 72.8 Å². The fourth-order valence-electron chi connectivity index (χ4n) is 3.63. The van der Waals surface area contributed by atoms with Gasteiger partial charge in [-0.05, 0) is 36.4 Å². The standard InChI is InChI=1S/C25H22FN3O3/c1-27-24(30)19-14-18(32-2)11-12-21(19)28-25(31)23-13-16-7-4-6-10-22(16)29(23)15-17-8-3-5-9-20(17)26/h3-14H,15H2,1-2H3,(H,27,30)(H,28,31). The van der Waals surface area contributed by atoms with Crippen molar-refractivity contribution in [2.45, 2.75) is 6.54 Å². The third-order valence-corrected chi connectivity index (χ3v) is 5.28. The first-order chi connectivity index (χ1) is 15.5. The van der Waals surface area contributed by atoms with Crippen molar-refractivity contribution in [2.24, 2.45) is 0 Å². The maximum Gasteiger partial charge on any atom is 0.272 e. The highest BCUT2D eigenvalue weighted by molar-refractivity contribution is 6.10. The molecule has 0 saturated heterocycles. The van der Waals surface area contributed by atoms with Crippen molar-refractivity contribution in [2.75, 3.05) is 19.5 Å². The highest BCUT2D eigenvalue weighted by atomic mass is 19.1. The molecule has 162 valence electrons. The van der Waals surface area contributed by atoms with Gasteiger partial charge in [-0.1, -0.05) is 36.4 Å². The number of benzene rings is 3. The minimum Gasteiger partial charge on any atom is -0.497 e. The van der Waals surface area contributed by atoms with Gasteiger partial charge in [0.05, 0.1) is 24.9 Å². The maximum atomic E-state index is 14.3. The Hall–Kier alpha value is -4.13. The third-order valence-electron chi connectivity index (χ3n) is 5.28. The van der Waals surface area contributed by atoms with Crippen molar-refractivity contribution < 1.29 is 18.7 Å². The van der Waals surface area contributed by atoms with E-state index in [1.165, 1.54) is 20.2 Å². The number of para-hydroxylation sites is 1. The second-order valence-electron chi connectivity index (χ2n) is 7.21. The van der Waals surface area contributed by atoms with Crippen molar-refractivity contribution in [3.63, 3.8) is 0 Å². The minimum absolute atomic E-state index is 0.188. The molecule has 1 heterocycles. The Bertz CT molecular complexity index is 1310. The van der Waals surface area contributed by atoms with E-state index in [1.54, 1.807) is 47.0 Å². The summed E-state index contributed by atoms with van der Waals surface area (Å²) in [6.07, 6.45) is 0. The summed E-state index contributed by atoms with van der Waals surface area (Å²) in [6, 6.07) is 20.6. The second kappa shape index (κ2) is 8.93. The van der Waals surface area contributed by atoms with Crippen LogP contribution in [0.2, 0.25) is 0 Å². The molecule has 0 radical (unpaired) electrons. The summed E-state index contributed by atoms with van der Waals surface area (Å²) in [6.45, 7) is 0.188. The van der Waals surface area contributed by atoms with Gasteiger partial charge in [-0.2, -0.15) is 0 Å². The van der Waals surface area contributed by atoms with Crippen molar-refractivity contribution in [1.29, 1.82) is 0 Å². The second-order valence-corrected chi connectivity index (χ2v) is 7.21. The average Bonchev–Trinajstić information content (AvgIpc) is 3.19. The van der Waals surface area contributed by atoms with Gasteiger partial charge < -0.3 is 19.9 Å². The van der Waals surface area contributed by atoms with Gasteiger partial charge in [0.15, 0.2) is 0 Å². The number of hydrogen-bond donors (Lipinski definition) is 2. The molecule has 3 aromatic carbocycles. The predicted octanol–water partition coefficient (Wildman–Crippen LogP) is 4.45. The molecule has 0 fully saturated rings. The van der Waals surface area contributed by atoms with Crippen LogP contribution < -0.4 is 15.4 Å². The molecule has 0 aliphatic rings. The molecule has 2 N–H and O–H groups in total. The summed E-state index contributed by atoms with van der Waals surface area (Å²) in [4.78, 5) is 25.7. The van der Waals surface area contributed by atoms with Crippen molar-refractivity contribution in [3.05, 3.63) is 95.4 Å². The van der Waals surface area contributed by atoms with E-state index in [-0.39, 0.29) is 23.8 Å². The fourth-order valence-corrected chi connectivity index (χ4v) is 3.63. The number of nitrogens with zero attached hydrogens (tertiary/aromatic N) is 1. The zero-order chi connectivity index (χ0) is 22.7.